The van der Waals surface area contributed by atoms with Crippen molar-refractivity contribution < 1.29 is 17.9 Å². The van der Waals surface area contributed by atoms with Crippen LogP contribution in [-0.4, -0.2) is 53.7 Å². The standard InChI is InChI=1S/C16H25N3O4S.ClH/c1-12-6-7-17-11-15(12)19-16(20)13-4-3-5-14(10-13)24(21,22)18-8-9-23-2;/h3-5,10,12,15,17-18H,6-9,11H2,1-2H3,(H,19,20);1H. The molecule has 25 heavy (non-hydrogen) atoms. The first-order valence-electron chi connectivity index (χ1n) is 8.04. The van der Waals surface area contributed by atoms with Crippen LogP contribution in [0.4, 0.5) is 0 Å². The Kier molecular flexibility index (Phi) is 8.81. The van der Waals surface area contributed by atoms with Crippen molar-refractivity contribution >= 4 is 28.3 Å². The Labute approximate surface area is 155 Å². The van der Waals surface area contributed by atoms with Gasteiger partial charge in [-0.15, -0.1) is 12.4 Å². The van der Waals surface area contributed by atoms with Crippen molar-refractivity contribution in [1.29, 1.82) is 0 Å². The third-order valence-corrected chi connectivity index (χ3v) is 5.61. The molecule has 2 unspecified atom stereocenters. The summed E-state index contributed by atoms with van der Waals surface area (Å²) in [6, 6.07) is 6.10. The van der Waals surface area contributed by atoms with E-state index < -0.39 is 10.0 Å². The number of benzene rings is 1. The molecule has 1 heterocycles. The third kappa shape index (κ3) is 6.23. The Bertz CT molecular complexity index is 669. The van der Waals surface area contributed by atoms with E-state index in [0.29, 0.717) is 11.5 Å². The van der Waals surface area contributed by atoms with E-state index in [2.05, 4.69) is 22.3 Å². The molecule has 142 valence electrons. The van der Waals surface area contributed by atoms with Crippen molar-refractivity contribution in [1.82, 2.24) is 15.4 Å². The molecule has 0 aliphatic carbocycles. The summed E-state index contributed by atoms with van der Waals surface area (Å²) >= 11 is 0. The summed E-state index contributed by atoms with van der Waals surface area (Å²) in [5.41, 5.74) is 0.336. The Morgan fingerprint density at radius 3 is 2.84 bits per heavy atom. The van der Waals surface area contributed by atoms with Gasteiger partial charge in [0.15, 0.2) is 0 Å². The van der Waals surface area contributed by atoms with Crippen LogP contribution in [0, 0.1) is 5.92 Å². The molecule has 0 saturated carbocycles. The first-order chi connectivity index (χ1) is 11.4. The molecule has 0 spiro atoms. The molecule has 1 saturated heterocycles. The van der Waals surface area contributed by atoms with E-state index in [9.17, 15) is 13.2 Å². The lowest BCUT2D eigenvalue weighted by atomic mass is 9.94. The van der Waals surface area contributed by atoms with Gasteiger partial charge in [-0.05, 0) is 37.1 Å². The number of methoxy groups -OCH3 is 1. The summed E-state index contributed by atoms with van der Waals surface area (Å²) < 4.78 is 31.7. The number of hydrogen-bond donors (Lipinski definition) is 3. The van der Waals surface area contributed by atoms with Gasteiger partial charge in [0.1, 0.15) is 0 Å². The van der Waals surface area contributed by atoms with Crippen molar-refractivity contribution in [3.8, 4) is 0 Å². The van der Waals surface area contributed by atoms with Gasteiger partial charge in [0, 0.05) is 31.8 Å². The van der Waals surface area contributed by atoms with Gasteiger partial charge < -0.3 is 15.4 Å². The monoisotopic (exact) mass is 391 g/mol. The quantitative estimate of drug-likeness (QED) is 0.596. The fraction of sp³-hybridized carbons (Fsp3) is 0.562. The Morgan fingerprint density at radius 1 is 1.40 bits per heavy atom. The SMILES string of the molecule is COCCNS(=O)(=O)c1cccc(C(=O)NC2CNCCC2C)c1.Cl. The highest BCUT2D eigenvalue weighted by Gasteiger charge is 2.23. The number of carbonyl (C=O) groups excluding carboxylic acids is 1. The van der Waals surface area contributed by atoms with Crippen LogP contribution in [0.15, 0.2) is 29.2 Å². The molecule has 0 bridgehead atoms. The molecule has 1 aliphatic heterocycles. The zero-order valence-electron chi connectivity index (χ0n) is 14.4. The van der Waals surface area contributed by atoms with Crippen molar-refractivity contribution in [3.05, 3.63) is 29.8 Å². The molecular formula is C16H26ClN3O4S. The highest BCUT2D eigenvalue weighted by molar-refractivity contribution is 7.89. The van der Waals surface area contributed by atoms with Crippen LogP contribution in [0.2, 0.25) is 0 Å². The number of ether oxygens (including phenoxy) is 1. The van der Waals surface area contributed by atoms with Gasteiger partial charge in [0.2, 0.25) is 10.0 Å². The fourth-order valence-corrected chi connectivity index (χ4v) is 3.66. The molecule has 9 heteroatoms. The van der Waals surface area contributed by atoms with Crippen LogP contribution in [0.3, 0.4) is 0 Å². The Balaban J connectivity index is 0.00000312. The number of halogens is 1. The average Bonchev–Trinajstić information content (AvgIpc) is 2.57. The summed E-state index contributed by atoms with van der Waals surface area (Å²) in [7, 11) is -2.15. The second-order valence-corrected chi connectivity index (χ2v) is 7.74. The fourth-order valence-electron chi connectivity index (χ4n) is 2.60. The predicted octanol–water partition coefficient (Wildman–Crippen LogP) is 0.761. The summed E-state index contributed by atoms with van der Waals surface area (Å²) in [6.45, 7) is 4.25. The first kappa shape index (κ1) is 21.9. The molecule has 3 N–H and O–H groups in total. The average molecular weight is 392 g/mol. The van der Waals surface area contributed by atoms with Crippen LogP contribution in [0.5, 0.6) is 0 Å². The molecule has 1 aromatic carbocycles. The minimum Gasteiger partial charge on any atom is -0.383 e. The number of sulfonamides is 1. The normalized spacial score (nSPS) is 20.6. The number of amides is 1. The lowest BCUT2D eigenvalue weighted by Gasteiger charge is -2.30. The van der Waals surface area contributed by atoms with Crippen LogP contribution in [-0.2, 0) is 14.8 Å². The highest BCUT2D eigenvalue weighted by Crippen LogP contribution is 2.14. The predicted molar refractivity (Wildman–Crippen MR) is 98.7 cm³/mol. The van der Waals surface area contributed by atoms with Gasteiger partial charge >= 0.3 is 0 Å². The Morgan fingerprint density at radius 2 is 2.16 bits per heavy atom. The van der Waals surface area contributed by atoms with Crippen molar-refractivity contribution in [2.24, 2.45) is 5.92 Å². The summed E-state index contributed by atoms with van der Waals surface area (Å²) in [4.78, 5) is 12.5. The minimum atomic E-state index is -3.65. The van der Waals surface area contributed by atoms with E-state index in [0.717, 1.165) is 19.5 Å². The molecule has 0 radical (unpaired) electrons. The topological polar surface area (TPSA) is 96.5 Å². The number of nitrogens with one attached hydrogen (secondary N) is 3. The van der Waals surface area contributed by atoms with Gasteiger partial charge in [-0.2, -0.15) is 0 Å². The lowest BCUT2D eigenvalue weighted by molar-refractivity contribution is 0.0915. The molecule has 1 aromatic rings. The third-order valence-electron chi connectivity index (χ3n) is 4.15. The van der Waals surface area contributed by atoms with Crippen LogP contribution < -0.4 is 15.4 Å². The summed E-state index contributed by atoms with van der Waals surface area (Å²) in [5.74, 6) is 0.127. The zero-order chi connectivity index (χ0) is 17.6. The maximum atomic E-state index is 12.4. The molecule has 1 amide bonds. The van der Waals surface area contributed by atoms with Crippen molar-refractivity contribution in [2.75, 3.05) is 33.4 Å². The van der Waals surface area contributed by atoms with E-state index in [1.165, 1.54) is 19.2 Å². The lowest BCUT2D eigenvalue weighted by Crippen LogP contribution is -2.50. The summed E-state index contributed by atoms with van der Waals surface area (Å²) in [5, 5.41) is 6.23. The van der Waals surface area contributed by atoms with E-state index in [4.69, 9.17) is 4.74 Å². The zero-order valence-corrected chi connectivity index (χ0v) is 16.1. The number of piperidine rings is 1. The van der Waals surface area contributed by atoms with Gasteiger partial charge in [-0.3, -0.25) is 4.79 Å². The van der Waals surface area contributed by atoms with E-state index >= 15 is 0 Å². The number of rotatable bonds is 7. The van der Waals surface area contributed by atoms with Crippen molar-refractivity contribution in [3.63, 3.8) is 0 Å². The minimum absolute atomic E-state index is 0. The Hall–Kier alpha value is -1.19. The van der Waals surface area contributed by atoms with Crippen molar-refractivity contribution in [2.45, 2.75) is 24.3 Å². The molecular weight excluding hydrogens is 366 g/mol. The van der Waals surface area contributed by atoms with E-state index in [1.54, 1.807) is 12.1 Å². The van der Waals surface area contributed by atoms with E-state index in [1.807, 2.05) is 0 Å². The highest BCUT2D eigenvalue weighted by atomic mass is 35.5. The molecule has 7 nitrogen and oxygen atoms in total. The molecule has 1 fully saturated rings. The number of carbonyl (C=O) groups is 1. The van der Waals surface area contributed by atoms with Gasteiger partial charge in [-0.25, -0.2) is 13.1 Å². The smallest absolute Gasteiger partial charge is 0.251 e. The maximum absolute atomic E-state index is 12.4. The number of hydrogen-bond acceptors (Lipinski definition) is 5. The largest absolute Gasteiger partial charge is 0.383 e. The van der Waals surface area contributed by atoms with Crippen LogP contribution >= 0.6 is 12.4 Å². The van der Waals surface area contributed by atoms with E-state index in [-0.39, 0.29) is 42.4 Å². The van der Waals surface area contributed by atoms with Gasteiger partial charge in [-0.1, -0.05) is 13.0 Å². The molecule has 0 aromatic heterocycles. The first-order valence-corrected chi connectivity index (χ1v) is 9.52. The van der Waals surface area contributed by atoms with Crippen LogP contribution in [0.1, 0.15) is 23.7 Å². The van der Waals surface area contributed by atoms with Crippen LogP contribution in [0.25, 0.3) is 0 Å². The molecule has 2 atom stereocenters. The second kappa shape index (κ2) is 10.1. The summed E-state index contributed by atoms with van der Waals surface area (Å²) in [6.07, 6.45) is 1.00. The molecule has 2 rings (SSSR count). The van der Waals surface area contributed by atoms with Gasteiger partial charge in [0.25, 0.3) is 5.91 Å². The maximum Gasteiger partial charge on any atom is 0.251 e. The van der Waals surface area contributed by atoms with Gasteiger partial charge in [0.05, 0.1) is 11.5 Å². The molecule has 1 aliphatic rings. The second-order valence-electron chi connectivity index (χ2n) is 5.97.